The van der Waals surface area contributed by atoms with E-state index in [9.17, 15) is 14.0 Å². The molecule has 0 radical (unpaired) electrons. The van der Waals surface area contributed by atoms with Crippen molar-refractivity contribution in [2.24, 2.45) is 0 Å². The Morgan fingerprint density at radius 3 is 2.55 bits per heavy atom. The average molecular weight is 511 g/mol. The minimum absolute atomic E-state index is 0.0381. The van der Waals surface area contributed by atoms with E-state index >= 15 is 0 Å². The number of allylic oxidation sites excluding steroid dienone is 1. The van der Waals surface area contributed by atoms with Crippen LogP contribution in [0.2, 0.25) is 0 Å². The predicted octanol–water partition coefficient (Wildman–Crippen LogP) is 4.67. The maximum absolute atomic E-state index is 13.6. The molecule has 3 heterocycles. The number of rotatable bonds is 8. The van der Waals surface area contributed by atoms with E-state index in [-0.39, 0.29) is 17.2 Å². The van der Waals surface area contributed by atoms with E-state index < -0.39 is 12.6 Å². The van der Waals surface area contributed by atoms with Gasteiger partial charge in [0.05, 0.1) is 5.71 Å². The van der Waals surface area contributed by atoms with E-state index in [0.29, 0.717) is 33.8 Å². The number of hydrogen-bond donors (Lipinski definition) is 3. The number of carbonyl (C=O) groups excluding carboxylic acids is 2. The van der Waals surface area contributed by atoms with Crippen LogP contribution in [0.15, 0.2) is 79.1 Å². The van der Waals surface area contributed by atoms with Gasteiger partial charge in [0.1, 0.15) is 23.8 Å². The highest BCUT2D eigenvalue weighted by molar-refractivity contribution is 6.11. The summed E-state index contributed by atoms with van der Waals surface area (Å²) in [4.78, 5) is 32.7. The molecular formula is C29H27FN6O2. The number of fused-ring (bicyclic) bond motifs is 1. The summed E-state index contributed by atoms with van der Waals surface area (Å²) in [6.45, 7) is 0.748. The quantitative estimate of drug-likeness (QED) is 0.300. The van der Waals surface area contributed by atoms with Crippen LogP contribution in [0.1, 0.15) is 38.3 Å². The molecular weight excluding hydrogens is 483 g/mol. The van der Waals surface area contributed by atoms with E-state index in [4.69, 9.17) is 10.4 Å². The third-order valence-electron chi connectivity index (χ3n) is 6.52. The Morgan fingerprint density at radius 1 is 1.08 bits per heavy atom. The fourth-order valence-electron chi connectivity index (χ4n) is 4.32. The molecule has 0 spiro atoms. The predicted molar refractivity (Wildman–Crippen MR) is 145 cm³/mol. The first-order valence-electron chi connectivity index (χ1n) is 12.3. The second-order valence-corrected chi connectivity index (χ2v) is 8.96. The molecule has 2 aromatic carbocycles. The molecule has 2 aromatic heterocycles. The average Bonchev–Trinajstić information content (AvgIpc) is 3.28. The standard InChI is InChI=1S/C29H27FN6O2/c1-32-12-10-24(31)23-16-20(8-9-22(23)18-30)28(37)34-27-26(19-6-3-2-4-7-19)33-25-17-21(11-15-36(25)27)29(38)35-13-5-14-35/h2-4,6-12,15-17,31-32H,5,13-14,18H2,1H3,(H,34,37)/b12-10-,31-24?. The SMILES string of the molecule is CN/C=C\C(=N)c1cc(C(=O)Nc2c(-c3ccccc3)nc3cc(C(=O)N4CCC4)ccn23)ccc1CF. The summed E-state index contributed by atoms with van der Waals surface area (Å²) in [5.41, 5.74) is 3.44. The number of imidazole rings is 1. The van der Waals surface area contributed by atoms with E-state index in [1.807, 2.05) is 30.3 Å². The summed E-state index contributed by atoms with van der Waals surface area (Å²) in [6, 6.07) is 17.5. The number of hydrogen-bond acceptors (Lipinski definition) is 5. The van der Waals surface area contributed by atoms with Gasteiger partial charge in [0.25, 0.3) is 11.8 Å². The van der Waals surface area contributed by atoms with Gasteiger partial charge >= 0.3 is 0 Å². The fraction of sp³-hybridized carbons (Fsp3) is 0.172. The molecule has 2 amide bonds. The molecule has 0 unspecified atom stereocenters. The molecule has 1 fully saturated rings. The summed E-state index contributed by atoms with van der Waals surface area (Å²) in [5.74, 6) is -0.0222. The van der Waals surface area contributed by atoms with Crippen LogP contribution in [-0.4, -0.2) is 51.9 Å². The molecule has 192 valence electrons. The van der Waals surface area contributed by atoms with Crippen LogP contribution in [0.25, 0.3) is 16.9 Å². The maximum Gasteiger partial charge on any atom is 0.256 e. The number of anilines is 1. The summed E-state index contributed by atoms with van der Waals surface area (Å²) >= 11 is 0. The van der Waals surface area contributed by atoms with Crippen LogP contribution in [0.5, 0.6) is 0 Å². The Hall–Kier alpha value is -4.79. The van der Waals surface area contributed by atoms with Gasteiger partial charge in [0, 0.05) is 48.6 Å². The number of halogens is 1. The molecule has 1 saturated heterocycles. The zero-order valence-electron chi connectivity index (χ0n) is 20.9. The summed E-state index contributed by atoms with van der Waals surface area (Å²) < 4.78 is 15.3. The van der Waals surface area contributed by atoms with Crippen LogP contribution in [0.4, 0.5) is 10.2 Å². The summed E-state index contributed by atoms with van der Waals surface area (Å²) in [5, 5.41) is 14.1. The lowest BCUT2D eigenvalue weighted by Gasteiger charge is -2.30. The van der Waals surface area contributed by atoms with Crippen molar-refractivity contribution in [1.29, 1.82) is 5.41 Å². The van der Waals surface area contributed by atoms with Crippen molar-refractivity contribution in [2.75, 3.05) is 25.5 Å². The molecule has 4 aromatic rings. The third kappa shape index (κ3) is 4.78. The monoisotopic (exact) mass is 510 g/mol. The Balaban J connectivity index is 1.53. The van der Waals surface area contributed by atoms with Crippen LogP contribution < -0.4 is 10.6 Å². The Labute approximate surface area is 219 Å². The summed E-state index contributed by atoms with van der Waals surface area (Å²) in [7, 11) is 1.70. The van der Waals surface area contributed by atoms with Crippen molar-refractivity contribution in [1.82, 2.24) is 19.6 Å². The lowest BCUT2D eigenvalue weighted by Crippen LogP contribution is -2.42. The minimum Gasteiger partial charge on any atom is -0.394 e. The van der Waals surface area contributed by atoms with Crippen molar-refractivity contribution < 1.29 is 14.0 Å². The van der Waals surface area contributed by atoms with Crippen LogP contribution in [0.3, 0.4) is 0 Å². The zero-order chi connectivity index (χ0) is 26.6. The number of benzene rings is 2. The van der Waals surface area contributed by atoms with Gasteiger partial charge in [0.2, 0.25) is 0 Å². The van der Waals surface area contributed by atoms with Crippen molar-refractivity contribution in [3.63, 3.8) is 0 Å². The summed E-state index contributed by atoms with van der Waals surface area (Å²) in [6.07, 6.45) is 5.81. The third-order valence-corrected chi connectivity index (χ3v) is 6.52. The van der Waals surface area contributed by atoms with Gasteiger partial charge in [0.15, 0.2) is 0 Å². The number of alkyl halides is 1. The number of aromatic nitrogens is 2. The zero-order valence-corrected chi connectivity index (χ0v) is 20.9. The molecule has 0 atom stereocenters. The second-order valence-electron chi connectivity index (χ2n) is 8.96. The van der Waals surface area contributed by atoms with Crippen LogP contribution in [-0.2, 0) is 6.67 Å². The molecule has 9 heteroatoms. The largest absolute Gasteiger partial charge is 0.394 e. The molecule has 1 aliphatic heterocycles. The van der Waals surface area contributed by atoms with Crippen molar-refractivity contribution in [3.8, 4) is 11.3 Å². The Morgan fingerprint density at radius 2 is 1.87 bits per heavy atom. The van der Waals surface area contributed by atoms with E-state index in [2.05, 4.69) is 10.6 Å². The van der Waals surface area contributed by atoms with Gasteiger partial charge < -0.3 is 20.9 Å². The van der Waals surface area contributed by atoms with Gasteiger partial charge in [-0.25, -0.2) is 9.37 Å². The molecule has 38 heavy (non-hydrogen) atoms. The van der Waals surface area contributed by atoms with Gasteiger partial charge in [-0.3, -0.25) is 14.0 Å². The molecule has 8 nitrogen and oxygen atoms in total. The van der Waals surface area contributed by atoms with Crippen LogP contribution >= 0.6 is 0 Å². The number of nitrogens with one attached hydrogen (secondary N) is 3. The topological polar surface area (TPSA) is 103 Å². The molecule has 0 aliphatic carbocycles. The molecule has 0 bridgehead atoms. The van der Waals surface area contributed by atoms with Gasteiger partial charge in [-0.2, -0.15) is 0 Å². The van der Waals surface area contributed by atoms with E-state index in [0.717, 1.165) is 25.1 Å². The number of pyridine rings is 1. The Bertz CT molecular complexity index is 1560. The molecule has 3 N–H and O–H groups in total. The van der Waals surface area contributed by atoms with Gasteiger partial charge in [-0.15, -0.1) is 0 Å². The van der Waals surface area contributed by atoms with Gasteiger partial charge in [-0.05, 0) is 48.5 Å². The first-order valence-corrected chi connectivity index (χ1v) is 12.3. The lowest BCUT2D eigenvalue weighted by molar-refractivity contribution is 0.0651. The number of nitrogens with zero attached hydrogens (tertiary/aromatic N) is 3. The molecule has 0 saturated carbocycles. The number of carbonyl (C=O) groups is 2. The second kappa shape index (κ2) is 10.7. The van der Waals surface area contributed by atoms with Crippen LogP contribution in [0, 0.1) is 5.41 Å². The fourth-order valence-corrected chi connectivity index (χ4v) is 4.32. The number of amides is 2. The minimum atomic E-state index is -0.753. The normalized spacial score (nSPS) is 12.9. The van der Waals surface area contributed by atoms with Crippen molar-refractivity contribution in [3.05, 3.63) is 101 Å². The highest BCUT2D eigenvalue weighted by Crippen LogP contribution is 2.30. The first-order chi connectivity index (χ1) is 18.5. The molecule has 5 rings (SSSR count). The van der Waals surface area contributed by atoms with E-state index in [1.165, 1.54) is 24.3 Å². The highest BCUT2D eigenvalue weighted by atomic mass is 19.1. The van der Waals surface area contributed by atoms with Crippen molar-refractivity contribution >= 4 is 29.0 Å². The lowest BCUT2D eigenvalue weighted by atomic mass is 10.00. The smallest absolute Gasteiger partial charge is 0.256 e. The van der Waals surface area contributed by atoms with Crippen molar-refractivity contribution in [2.45, 2.75) is 13.1 Å². The number of likely N-dealkylation sites (tertiary alicyclic amines) is 1. The van der Waals surface area contributed by atoms with E-state index in [1.54, 1.807) is 40.9 Å². The highest BCUT2D eigenvalue weighted by Gasteiger charge is 2.24. The molecule has 1 aliphatic rings. The maximum atomic E-state index is 13.6. The van der Waals surface area contributed by atoms with Gasteiger partial charge in [-0.1, -0.05) is 36.4 Å². The Kier molecular flexibility index (Phi) is 6.99. The first kappa shape index (κ1) is 24.9.